The Morgan fingerprint density at radius 1 is 0.412 bits per heavy atom. The number of fused-ring (bicyclic) bond motifs is 8. The van der Waals surface area contributed by atoms with E-state index in [-0.39, 0.29) is 28.4 Å². The van der Waals surface area contributed by atoms with Gasteiger partial charge in [0.05, 0.1) is 0 Å². The van der Waals surface area contributed by atoms with Gasteiger partial charge in [-0.2, -0.15) is 0 Å². The Balaban J connectivity index is 1.10. The second-order valence-corrected chi connectivity index (χ2v) is 25.3. The average Bonchev–Trinajstić information content (AvgIpc) is 3.97. The molecular formula is C63H59BN2S2. The van der Waals surface area contributed by atoms with Gasteiger partial charge in [-0.3, -0.25) is 0 Å². The first-order chi connectivity index (χ1) is 32.5. The van der Waals surface area contributed by atoms with E-state index in [1.807, 2.05) is 22.7 Å². The number of benzene rings is 7. The molecule has 0 amide bonds. The van der Waals surface area contributed by atoms with E-state index in [1.54, 1.807) is 0 Å². The molecule has 7 aromatic carbocycles. The molecule has 0 fully saturated rings. The smallest absolute Gasteiger partial charge is 0.252 e. The molecule has 0 atom stereocenters. The van der Waals surface area contributed by atoms with Crippen LogP contribution in [-0.4, -0.2) is 6.71 Å². The summed E-state index contributed by atoms with van der Waals surface area (Å²) in [5, 5.41) is 2.60. The van der Waals surface area contributed by atoms with Crippen LogP contribution in [0.1, 0.15) is 109 Å². The zero-order valence-electron chi connectivity index (χ0n) is 41.0. The van der Waals surface area contributed by atoms with Crippen LogP contribution in [0.3, 0.4) is 0 Å². The van der Waals surface area contributed by atoms with Crippen molar-refractivity contribution in [3.63, 3.8) is 0 Å². The number of anilines is 6. The number of hydrogen-bond acceptors (Lipinski definition) is 4. The molecule has 0 saturated carbocycles. The second kappa shape index (κ2) is 14.6. The first-order valence-corrected chi connectivity index (χ1v) is 26.5. The molecule has 0 bridgehead atoms. The standard InChI is InChI=1S/C63H59BN2S2/c1-38-29-53-59-54(30-38)66(44-22-23-45-46(35-44)61(4,5)26-25-60(45,2)3)52-37-48-47(62(6,7)27-28-63(48,8)9)36-50(52)64(59)49-24-21-42(58-34-41-16-11-13-20-56(41)68-58)32-51(49)65(53)43-18-14-17-39(31-43)57-33-40-15-10-12-19-55(40)67-57/h10-24,29-37H,25-28H2,1-9H3. The van der Waals surface area contributed by atoms with Crippen LogP contribution in [0.25, 0.3) is 41.1 Å². The van der Waals surface area contributed by atoms with Crippen molar-refractivity contribution in [3.8, 4) is 20.9 Å². The Labute approximate surface area is 411 Å². The highest BCUT2D eigenvalue weighted by atomic mass is 32.1. The van der Waals surface area contributed by atoms with Crippen LogP contribution in [0.5, 0.6) is 0 Å². The average molecular weight is 919 g/mol. The number of nitrogens with zero attached hydrogens (tertiary/aromatic N) is 2. The van der Waals surface area contributed by atoms with Crippen LogP contribution in [0.4, 0.5) is 34.1 Å². The zero-order chi connectivity index (χ0) is 46.6. The van der Waals surface area contributed by atoms with E-state index in [9.17, 15) is 0 Å². The SMILES string of the molecule is Cc1cc2c3c(c1)N(c1ccc4c(c1)C(C)(C)CCC4(C)C)c1cc4c(cc1B3c1ccc(-c3cc5ccccc5s3)cc1N2c1cccc(-c2cc3ccccc3s2)c1)C(C)(C)CCC4(C)C. The molecule has 0 N–H and O–H groups in total. The molecule has 4 aliphatic rings. The second-order valence-electron chi connectivity index (χ2n) is 23.2. The Morgan fingerprint density at radius 3 is 1.53 bits per heavy atom. The number of rotatable bonds is 4. The Hall–Kier alpha value is -5.88. The summed E-state index contributed by atoms with van der Waals surface area (Å²) in [5.41, 5.74) is 21.9. The minimum absolute atomic E-state index is 0.0412. The highest BCUT2D eigenvalue weighted by Crippen LogP contribution is 2.53. The third-order valence-corrected chi connectivity index (χ3v) is 19.1. The minimum Gasteiger partial charge on any atom is -0.311 e. The molecule has 2 nitrogen and oxygen atoms in total. The molecule has 4 heterocycles. The van der Waals surface area contributed by atoms with E-state index in [0.29, 0.717) is 0 Å². The zero-order valence-corrected chi connectivity index (χ0v) is 42.6. The maximum Gasteiger partial charge on any atom is 0.252 e. The van der Waals surface area contributed by atoms with E-state index in [0.717, 1.165) is 0 Å². The van der Waals surface area contributed by atoms with Crippen molar-refractivity contribution in [1.82, 2.24) is 0 Å². The van der Waals surface area contributed by atoms with Crippen molar-refractivity contribution in [3.05, 3.63) is 173 Å². The van der Waals surface area contributed by atoms with Crippen molar-refractivity contribution in [2.75, 3.05) is 9.80 Å². The van der Waals surface area contributed by atoms with Crippen molar-refractivity contribution in [2.24, 2.45) is 0 Å². The lowest BCUT2D eigenvalue weighted by molar-refractivity contribution is 0.332. The number of aryl methyl sites for hydroxylation is 1. The molecule has 0 saturated heterocycles. The normalized spacial score (nSPS) is 17.9. The molecule has 336 valence electrons. The van der Waals surface area contributed by atoms with Gasteiger partial charge in [0.15, 0.2) is 0 Å². The predicted octanol–water partition coefficient (Wildman–Crippen LogP) is 16.5. The van der Waals surface area contributed by atoms with Gasteiger partial charge in [-0.25, -0.2) is 0 Å². The van der Waals surface area contributed by atoms with E-state index in [1.165, 1.54) is 145 Å². The van der Waals surface area contributed by atoms with Crippen LogP contribution in [0.15, 0.2) is 146 Å². The minimum atomic E-state index is 0.0412. The van der Waals surface area contributed by atoms with Crippen molar-refractivity contribution >= 4 is 100 Å². The maximum absolute atomic E-state index is 2.69. The molecule has 5 heteroatoms. The molecule has 9 aromatic rings. The van der Waals surface area contributed by atoms with Gasteiger partial charge >= 0.3 is 0 Å². The Kier molecular flexibility index (Phi) is 9.06. The van der Waals surface area contributed by atoms with Crippen LogP contribution in [0.2, 0.25) is 0 Å². The monoisotopic (exact) mass is 918 g/mol. The summed E-state index contributed by atoms with van der Waals surface area (Å²) in [4.78, 5) is 7.91. The van der Waals surface area contributed by atoms with Gasteiger partial charge in [-0.15, -0.1) is 22.7 Å². The van der Waals surface area contributed by atoms with Gasteiger partial charge < -0.3 is 9.80 Å². The third-order valence-electron chi connectivity index (χ3n) is 16.8. The van der Waals surface area contributed by atoms with E-state index in [4.69, 9.17) is 0 Å². The highest BCUT2D eigenvalue weighted by Gasteiger charge is 2.47. The molecular weight excluding hydrogens is 860 g/mol. The Morgan fingerprint density at radius 2 is 0.926 bits per heavy atom. The molecule has 2 aliphatic heterocycles. The fourth-order valence-electron chi connectivity index (χ4n) is 12.7. The van der Waals surface area contributed by atoms with Crippen molar-refractivity contribution in [2.45, 2.75) is 110 Å². The summed E-state index contributed by atoms with van der Waals surface area (Å²) < 4.78 is 2.64. The fraction of sp³-hybridized carbons (Fsp3) is 0.270. The lowest BCUT2D eigenvalue weighted by Gasteiger charge is -2.48. The first kappa shape index (κ1) is 42.2. The summed E-state index contributed by atoms with van der Waals surface area (Å²) in [7, 11) is 0. The van der Waals surface area contributed by atoms with Crippen LogP contribution in [-0.2, 0) is 21.7 Å². The summed E-state index contributed by atoms with van der Waals surface area (Å²) in [6.45, 7) is 22.1. The van der Waals surface area contributed by atoms with Crippen LogP contribution < -0.4 is 26.2 Å². The van der Waals surface area contributed by atoms with Gasteiger partial charge in [-0.05, 0) is 193 Å². The van der Waals surface area contributed by atoms with Gasteiger partial charge in [0.25, 0.3) is 6.71 Å². The van der Waals surface area contributed by atoms with E-state index >= 15 is 0 Å². The quantitative estimate of drug-likeness (QED) is 0.162. The summed E-state index contributed by atoms with van der Waals surface area (Å²) in [6, 6.07) is 57.0. The summed E-state index contributed by atoms with van der Waals surface area (Å²) in [5.74, 6) is 0. The largest absolute Gasteiger partial charge is 0.311 e. The summed E-state index contributed by atoms with van der Waals surface area (Å²) >= 11 is 3.78. The molecule has 2 aliphatic carbocycles. The molecule has 68 heavy (non-hydrogen) atoms. The van der Waals surface area contributed by atoms with Crippen LogP contribution in [0, 0.1) is 6.92 Å². The molecule has 0 spiro atoms. The maximum atomic E-state index is 2.69. The van der Waals surface area contributed by atoms with Gasteiger partial charge in [0.1, 0.15) is 0 Å². The third kappa shape index (κ3) is 6.34. The first-order valence-electron chi connectivity index (χ1n) is 24.9. The van der Waals surface area contributed by atoms with Gasteiger partial charge in [0.2, 0.25) is 0 Å². The van der Waals surface area contributed by atoms with Gasteiger partial charge in [-0.1, -0.05) is 128 Å². The molecule has 0 unspecified atom stereocenters. The van der Waals surface area contributed by atoms with Gasteiger partial charge in [0, 0.05) is 53.3 Å². The number of thiophene rings is 2. The van der Waals surface area contributed by atoms with Crippen LogP contribution >= 0.6 is 22.7 Å². The topological polar surface area (TPSA) is 6.48 Å². The highest BCUT2D eigenvalue weighted by molar-refractivity contribution is 7.22. The Bertz CT molecular complexity index is 3510. The number of hydrogen-bond donors (Lipinski definition) is 0. The lowest BCUT2D eigenvalue weighted by Crippen LogP contribution is -2.62. The lowest BCUT2D eigenvalue weighted by atomic mass is 9.33. The molecule has 13 rings (SSSR count). The summed E-state index contributed by atoms with van der Waals surface area (Å²) in [6.07, 6.45) is 4.74. The molecule has 2 aromatic heterocycles. The predicted molar refractivity (Wildman–Crippen MR) is 297 cm³/mol. The van der Waals surface area contributed by atoms with E-state index < -0.39 is 0 Å². The molecule has 0 radical (unpaired) electrons. The van der Waals surface area contributed by atoms with Crippen molar-refractivity contribution in [1.29, 1.82) is 0 Å². The van der Waals surface area contributed by atoms with E-state index in [2.05, 4.69) is 218 Å². The fourth-order valence-corrected chi connectivity index (χ4v) is 14.8. The van der Waals surface area contributed by atoms with Crippen molar-refractivity contribution < 1.29 is 0 Å².